The first-order chi connectivity index (χ1) is 6.78. The van der Waals surface area contributed by atoms with E-state index >= 15 is 0 Å². The van der Waals surface area contributed by atoms with E-state index in [1.54, 1.807) is 13.3 Å². The van der Waals surface area contributed by atoms with Crippen LogP contribution in [0.15, 0.2) is 18.3 Å². The quantitative estimate of drug-likeness (QED) is 0.712. The minimum absolute atomic E-state index is 0.410. The van der Waals surface area contributed by atoms with E-state index in [4.69, 9.17) is 16.3 Å². The standard InChI is InChI=1S/C10H13ClN2O/c1-14-9-6-13(7-9)5-8-2-3-12-10(11)4-8/h2-4,9H,5-7H2,1H3. The number of rotatable bonds is 3. The number of hydrogen-bond acceptors (Lipinski definition) is 3. The Morgan fingerprint density at radius 3 is 3.07 bits per heavy atom. The molecule has 0 atom stereocenters. The van der Waals surface area contributed by atoms with Gasteiger partial charge in [-0.15, -0.1) is 0 Å². The highest BCUT2D eigenvalue weighted by atomic mass is 35.5. The number of ether oxygens (including phenoxy) is 1. The van der Waals surface area contributed by atoms with Crippen LogP contribution in [0.25, 0.3) is 0 Å². The molecule has 1 aromatic rings. The van der Waals surface area contributed by atoms with Crippen LogP contribution in [0, 0.1) is 0 Å². The molecule has 0 spiro atoms. The highest BCUT2D eigenvalue weighted by Crippen LogP contribution is 2.16. The Morgan fingerprint density at radius 2 is 2.43 bits per heavy atom. The molecule has 0 saturated carbocycles. The average Bonchev–Trinajstić information content (AvgIpc) is 2.10. The normalized spacial score (nSPS) is 18.1. The van der Waals surface area contributed by atoms with Crippen LogP contribution in [0.5, 0.6) is 0 Å². The summed E-state index contributed by atoms with van der Waals surface area (Å²) in [7, 11) is 1.76. The van der Waals surface area contributed by atoms with Gasteiger partial charge in [-0.2, -0.15) is 0 Å². The Bertz CT molecular complexity index is 313. The second kappa shape index (κ2) is 4.26. The lowest BCUT2D eigenvalue weighted by atomic mass is 10.1. The first-order valence-electron chi connectivity index (χ1n) is 4.63. The average molecular weight is 213 g/mol. The van der Waals surface area contributed by atoms with Crippen molar-refractivity contribution in [3.05, 3.63) is 29.0 Å². The minimum atomic E-state index is 0.410. The van der Waals surface area contributed by atoms with Crippen molar-refractivity contribution in [1.29, 1.82) is 0 Å². The lowest BCUT2D eigenvalue weighted by Gasteiger charge is -2.38. The largest absolute Gasteiger partial charge is 0.379 e. The van der Waals surface area contributed by atoms with Crippen LogP contribution in [0.2, 0.25) is 5.15 Å². The van der Waals surface area contributed by atoms with E-state index in [9.17, 15) is 0 Å². The van der Waals surface area contributed by atoms with Crippen molar-refractivity contribution in [2.24, 2.45) is 0 Å². The zero-order valence-electron chi connectivity index (χ0n) is 8.11. The molecule has 3 nitrogen and oxygen atoms in total. The van der Waals surface area contributed by atoms with Gasteiger partial charge in [-0.1, -0.05) is 11.6 Å². The van der Waals surface area contributed by atoms with E-state index in [2.05, 4.69) is 9.88 Å². The summed E-state index contributed by atoms with van der Waals surface area (Å²) in [5.41, 5.74) is 1.21. The lowest BCUT2D eigenvalue weighted by Crippen LogP contribution is -2.50. The third kappa shape index (κ3) is 2.23. The molecule has 1 saturated heterocycles. The third-order valence-corrected chi connectivity index (χ3v) is 2.66. The monoisotopic (exact) mass is 212 g/mol. The van der Waals surface area contributed by atoms with Crippen LogP contribution in [-0.4, -0.2) is 36.2 Å². The van der Waals surface area contributed by atoms with Gasteiger partial charge in [0.25, 0.3) is 0 Å². The summed E-state index contributed by atoms with van der Waals surface area (Å²) >= 11 is 5.79. The molecule has 2 rings (SSSR count). The van der Waals surface area contributed by atoms with Crippen LogP contribution in [-0.2, 0) is 11.3 Å². The molecule has 14 heavy (non-hydrogen) atoms. The molecule has 4 heteroatoms. The molecule has 76 valence electrons. The van der Waals surface area contributed by atoms with Crippen molar-refractivity contribution in [3.8, 4) is 0 Å². The number of aromatic nitrogens is 1. The van der Waals surface area contributed by atoms with Gasteiger partial charge in [0, 0.05) is 32.9 Å². The van der Waals surface area contributed by atoms with E-state index in [-0.39, 0.29) is 0 Å². The molecule has 0 amide bonds. The molecule has 2 heterocycles. The molecule has 0 radical (unpaired) electrons. The summed E-state index contributed by atoms with van der Waals surface area (Å²) in [6.07, 6.45) is 2.15. The van der Waals surface area contributed by atoms with Gasteiger partial charge in [-0.05, 0) is 17.7 Å². The Labute approximate surface area is 88.6 Å². The zero-order chi connectivity index (χ0) is 9.97. The van der Waals surface area contributed by atoms with Gasteiger partial charge in [0.2, 0.25) is 0 Å². The Balaban J connectivity index is 1.87. The van der Waals surface area contributed by atoms with E-state index in [1.165, 1.54) is 5.56 Å². The first-order valence-corrected chi connectivity index (χ1v) is 5.01. The molecule has 1 aliphatic rings. The smallest absolute Gasteiger partial charge is 0.129 e. The second-order valence-corrected chi connectivity index (χ2v) is 3.93. The van der Waals surface area contributed by atoms with Crippen molar-refractivity contribution in [3.63, 3.8) is 0 Å². The molecule has 0 unspecified atom stereocenters. The van der Waals surface area contributed by atoms with Crippen molar-refractivity contribution in [2.45, 2.75) is 12.6 Å². The van der Waals surface area contributed by atoms with Crippen LogP contribution < -0.4 is 0 Å². The molecular weight excluding hydrogens is 200 g/mol. The molecule has 1 aromatic heterocycles. The highest BCUT2D eigenvalue weighted by Gasteiger charge is 2.25. The van der Waals surface area contributed by atoms with Crippen molar-refractivity contribution in [1.82, 2.24) is 9.88 Å². The molecular formula is C10H13ClN2O. The van der Waals surface area contributed by atoms with Gasteiger partial charge in [-0.3, -0.25) is 4.90 Å². The van der Waals surface area contributed by atoms with Crippen molar-refractivity contribution >= 4 is 11.6 Å². The maximum Gasteiger partial charge on any atom is 0.129 e. The predicted molar refractivity (Wildman–Crippen MR) is 55.3 cm³/mol. The van der Waals surface area contributed by atoms with Crippen LogP contribution in [0.4, 0.5) is 0 Å². The second-order valence-electron chi connectivity index (χ2n) is 3.54. The topological polar surface area (TPSA) is 25.4 Å². The van der Waals surface area contributed by atoms with Gasteiger partial charge in [0.05, 0.1) is 6.10 Å². The fourth-order valence-corrected chi connectivity index (χ4v) is 1.80. The summed E-state index contributed by atoms with van der Waals surface area (Å²) in [5.74, 6) is 0. The maximum atomic E-state index is 5.79. The summed E-state index contributed by atoms with van der Waals surface area (Å²) in [5, 5.41) is 0.561. The molecule has 0 N–H and O–H groups in total. The summed E-state index contributed by atoms with van der Waals surface area (Å²) in [4.78, 5) is 6.26. The third-order valence-electron chi connectivity index (χ3n) is 2.45. The number of likely N-dealkylation sites (tertiary alicyclic amines) is 1. The van der Waals surface area contributed by atoms with Gasteiger partial charge in [0.15, 0.2) is 0 Å². The first kappa shape index (κ1) is 9.90. The molecule has 1 aliphatic heterocycles. The Morgan fingerprint density at radius 1 is 1.64 bits per heavy atom. The molecule has 0 aliphatic carbocycles. The fourth-order valence-electron chi connectivity index (χ4n) is 1.60. The van der Waals surface area contributed by atoms with Gasteiger partial charge < -0.3 is 4.74 Å². The number of hydrogen-bond donors (Lipinski definition) is 0. The van der Waals surface area contributed by atoms with Crippen molar-refractivity contribution < 1.29 is 4.74 Å². The molecule has 0 aromatic carbocycles. The number of nitrogens with zero attached hydrogens (tertiary/aromatic N) is 2. The van der Waals surface area contributed by atoms with E-state index < -0.39 is 0 Å². The predicted octanol–water partition coefficient (Wildman–Crippen LogP) is 1.57. The van der Waals surface area contributed by atoms with Crippen LogP contribution in [0.1, 0.15) is 5.56 Å². The molecule has 0 bridgehead atoms. The lowest BCUT2D eigenvalue weighted by molar-refractivity contribution is -0.0334. The maximum absolute atomic E-state index is 5.79. The number of pyridine rings is 1. The van der Waals surface area contributed by atoms with E-state index in [1.807, 2.05) is 12.1 Å². The summed E-state index contributed by atoms with van der Waals surface area (Å²) in [6.45, 7) is 2.95. The molecule has 1 fully saturated rings. The van der Waals surface area contributed by atoms with Crippen LogP contribution >= 0.6 is 11.6 Å². The van der Waals surface area contributed by atoms with Crippen molar-refractivity contribution in [2.75, 3.05) is 20.2 Å². The van der Waals surface area contributed by atoms with Gasteiger partial charge in [0.1, 0.15) is 5.15 Å². The van der Waals surface area contributed by atoms with Gasteiger partial charge in [-0.25, -0.2) is 4.98 Å². The highest BCUT2D eigenvalue weighted by molar-refractivity contribution is 6.29. The summed E-state index contributed by atoms with van der Waals surface area (Å²) < 4.78 is 5.20. The number of halogens is 1. The Kier molecular flexibility index (Phi) is 3.01. The number of methoxy groups -OCH3 is 1. The Hall–Kier alpha value is -0.640. The SMILES string of the molecule is COC1CN(Cc2ccnc(Cl)c2)C1. The summed E-state index contributed by atoms with van der Waals surface area (Å²) in [6, 6.07) is 3.90. The van der Waals surface area contributed by atoms with E-state index in [0.29, 0.717) is 11.3 Å². The fraction of sp³-hybridized carbons (Fsp3) is 0.500. The minimum Gasteiger partial charge on any atom is -0.379 e. The zero-order valence-corrected chi connectivity index (χ0v) is 8.87. The van der Waals surface area contributed by atoms with E-state index in [0.717, 1.165) is 19.6 Å². The van der Waals surface area contributed by atoms with Gasteiger partial charge >= 0.3 is 0 Å². The van der Waals surface area contributed by atoms with Crippen LogP contribution in [0.3, 0.4) is 0 Å².